The van der Waals surface area contributed by atoms with Crippen LogP contribution < -0.4 is 23.8 Å². The van der Waals surface area contributed by atoms with Crippen LogP contribution in [0.4, 0.5) is 5.69 Å². The van der Waals surface area contributed by atoms with Gasteiger partial charge in [-0.2, -0.15) is 0 Å². The monoisotopic (exact) mass is 355 g/mol. The summed E-state index contributed by atoms with van der Waals surface area (Å²) in [7, 11) is 1.55. The number of methoxy groups -OCH3 is 1. The van der Waals surface area contributed by atoms with Gasteiger partial charge in [-0.15, -0.1) is 0 Å². The number of hydrogen-bond donors (Lipinski definition) is 0. The molecule has 0 spiro atoms. The zero-order valence-corrected chi connectivity index (χ0v) is 14.1. The van der Waals surface area contributed by atoms with Crippen LogP contribution >= 0.6 is 0 Å². The summed E-state index contributed by atoms with van der Waals surface area (Å²) >= 11 is 0. The van der Waals surface area contributed by atoms with E-state index < -0.39 is 11.9 Å². The molecule has 0 aliphatic carbocycles. The smallest absolute Gasteiger partial charge is 0.316 e. The number of fused-ring (bicyclic) bond motifs is 1. The van der Waals surface area contributed by atoms with Crippen molar-refractivity contribution in [1.29, 1.82) is 0 Å². The van der Waals surface area contributed by atoms with Crippen LogP contribution in [-0.2, 0) is 9.59 Å². The molecule has 1 fully saturated rings. The second-order valence-corrected chi connectivity index (χ2v) is 6.01. The third-order valence-electron chi connectivity index (χ3n) is 4.40. The lowest BCUT2D eigenvalue weighted by Gasteiger charge is -2.19. The maximum Gasteiger partial charge on any atom is 0.316 e. The fourth-order valence-electron chi connectivity index (χ4n) is 3.09. The van der Waals surface area contributed by atoms with Crippen LogP contribution in [0.2, 0.25) is 0 Å². The number of benzene rings is 2. The van der Waals surface area contributed by atoms with E-state index in [-0.39, 0.29) is 25.7 Å². The first-order valence-electron chi connectivity index (χ1n) is 8.20. The molecular weight excluding hydrogens is 338 g/mol. The lowest BCUT2D eigenvalue weighted by Crippen LogP contribution is -2.27. The second kappa shape index (κ2) is 6.59. The van der Waals surface area contributed by atoms with Crippen molar-refractivity contribution < 1.29 is 28.5 Å². The molecule has 1 amide bonds. The van der Waals surface area contributed by atoms with Gasteiger partial charge < -0.3 is 23.8 Å². The number of carbonyl (C=O) groups is 2. The van der Waals surface area contributed by atoms with Crippen LogP contribution in [0, 0.1) is 5.92 Å². The van der Waals surface area contributed by atoms with Crippen molar-refractivity contribution in [3.05, 3.63) is 42.5 Å². The lowest BCUT2D eigenvalue weighted by molar-refractivity contribution is -0.139. The fourth-order valence-corrected chi connectivity index (χ4v) is 3.09. The predicted octanol–water partition coefficient (Wildman–Crippen LogP) is 2.38. The molecule has 1 atom stereocenters. The van der Waals surface area contributed by atoms with Crippen molar-refractivity contribution in [2.24, 2.45) is 5.92 Å². The van der Waals surface area contributed by atoms with Crippen LogP contribution in [0.1, 0.15) is 6.42 Å². The van der Waals surface area contributed by atoms with Gasteiger partial charge in [0.05, 0.1) is 18.7 Å². The maximum atomic E-state index is 12.5. The molecule has 0 bridgehead atoms. The van der Waals surface area contributed by atoms with Crippen LogP contribution in [0.25, 0.3) is 0 Å². The molecule has 0 saturated carbocycles. The van der Waals surface area contributed by atoms with E-state index in [9.17, 15) is 9.59 Å². The van der Waals surface area contributed by atoms with E-state index >= 15 is 0 Å². The van der Waals surface area contributed by atoms with E-state index in [0.29, 0.717) is 28.7 Å². The third kappa shape index (κ3) is 2.92. The summed E-state index contributed by atoms with van der Waals surface area (Å²) in [6.45, 7) is 0.403. The highest BCUT2D eigenvalue weighted by molar-refractivity contribution is 6.00. The molecule has 1 saturated heterocycles. The van der Waals surface area contributed by atoms with Gasteiger partial charge in [0.1, 0.15) is 11.5 Å². The number of amides is 1. The quantitative estimate of drug-likeness (QED) is 0.619. The average molecular weight is 355 g/mol. The third-order valence-corrected chi connectivity index (χ3v) is 4.40. The number of nitrogens with zero attached hydrogens (tertiary/aromatic N) is 1. The Morgan fingerprint density at radius 3 is 2.81 bits per heavy atom. The number of para-hydroxylation sites is 2. The molecule has 2 aromatic rings. The molecule has 0 aromatic heterocycles. The van der Waals surface area contributed by atoms with Gasteiger partial charge in [-0.25, -0.2) is 0 Å². The molecule has 7 nitrogen and oxygen atoms in total. The summed E-state index contributed by atoms with van der Waals surface area (Å²) in [6, 6.07) is 12.2. The molecule has 26 heavy (non-hydrogen) atoms. The van der Waals surface area contributed by atoms with Crippen LogP contribution in [0.5, 0.6) is 23.0 Å². The predicted molar refractivity (Wildman–Crippen MR) is 91.7 cm³/mol. The van der Waals surface area contributed by atoms with E-state index in [1.807, 2.05) is 12.1 Å². The van der Waals surface area contributed by atoms with Gasteiger partial charge >= 0.3 is 5.97 Å². The first-order chi connectivity index (χ1) is 12.7. The minimum atomic E-state index is -0.544. The summed E-state index contributed by atoms with van der Waals surface area (Å²) in [5.74, 6) is 0.972. The molecule has 134 valence electrons. The molecule has 2 aliphatic heterocycles. The zero-order chi connectivity index (χ0) is 18.1. The first kappa shape index (κ1) is 16.3. The highest BCUT2D eigenvalue weighted by atomic mass is 16.7. The van der Waals surface area contributed by atoms with E-state index in [1.165, 1.54) is 0 Å². The van der Waals surface area contributed by atoms with Gasteiger partial charge in [0.15, 0.2) is 11.5 Å². The summed E-state index contributed by atoms with van der Waals surface area (Å²) in [5.41, 5.74) is 0.651. The van der Waals surface area contributed by atoms with Gasteiger partial charge in [-0.3, -0.25) is 9.59 Å². The van der Waals surface area contributed by atoms with Crippen LogP contribution in [0.3, 0.4) is 0 Å². The number of carbonyl (C=O) groups excluding carboxylic acids is 2. The van der Waals surface area contributed by atoms with Crippen LogP contribution in [-0.4, -0.2) is 32.3 Å². The highest BCUT2D eigenvalue weighted by Crippen LogP contribution is 2.36. The molecule has 0 radical (unpaired) electrons. The SMILES string of the molecule is COc1ccccc1N1C[C@H](C(=O)Oc2ccc3c(c2)OCO3)CC1=O. The number of anilines is 1. The number of rotatable bonds is 4. The summed E-state index contributed by atoms with van der Waals surface area (Å²) < 4.78 is 21.2. The van der Waals surface area contributed by atoms with Gasteiger partial charge in [0.25, 0.3) is 0 Å². The van der Waals surface area contributed by atoms with Crippen molar-refractivity contribution in [2.75, 3.05) is 25.3 Å². The molecule has 0 N–H and O–H groups in total. The van der Waals surface area contributed by atoms with E-state index in [0.717, 1.165) is 0 Å². The molecule has 2 aromatic carbocycles. The Kier molecular flexibility index (Phi) is 4.12. The number of hydrogen-bond acceptors (Lipinski definition) is 6. The van der Waals surface area contributed by atoms with Crippen molar-refractivity contribution in [1.82, 2.24) is 0 Å². The van der Waals surface area contributed by atoms with E-state index in [4.69, 9.17) is 18.9 Å². The largest absolute Gasteiger partial charge is 0.495 e. The lowest BCUT2D eigenvalue weighted by atomic mass is 10.1. The summed E-state index contributed by atoms with van der Waals surface area (Å²) in [5, 5.41) is 0. The van der Waals surface area contributed by atoms with Crippen molar-refractivity contribution in [2.45, 2.75) is 6.42 Å². The summed E-state index contributed by atoms with van der Waals surface area (Å²) in [4.78, 5) is 26.4. The molecule has 0 unspecified atom stereocenters. The van der Waals surface area contributed by atoms with Gasteiger partial charge in [-0.1, -0.05) is 12.1 Å². The molecule has 2 heterocycles. The Morgan fingerprint density at radius 1 is 1.15 bits per heavy atom. The Labute approximate surface area is 150 Å². The zero-order valence-electron chi connectivity index (χ0n) is 14.1. The van der Waals surface area contributed by atoms with Gasteiger partial charge in [0, 0.05) is 19.0 Å². The van der Waals surface area contributed by atoms with Crippen molar-refractivity contribution >= 4 is 17.6 Å². The normalized spacial score (nSPS) is 18.1. The molecule has 4 rings (SSSR count). The Morgan fingerprint density at radius 2 is 1.96 bits per heavy atom. The number of ether oxygens (including phenoxy) is 4. The Balaban J connectivity index is 1.47. The highest BCUT2D eigenvalue weighted by Gasteiger charge is 2.37. The molecular formula is C19H17NO6. The standard InChI is InChI=1S/C19H17NO6/c1-23-15-5-3-2-4-14(15)20-10-12(8-18(20)21)19(22)26-13-6-7-16-17(9-13)25-11-24-16/h2-7,9,12H,8,10-11H2,1H3/t12-/m1/s1. The topological polar surface area (TPSA) is 74.3 Å². The minimum absolute atomic E-state index is 0.0986. The first-order valence-corrected chi connectivity index (χ1v) is 8.20. The van der Waals surface area contributed by atoms with E-state index in [2.05, 4.69) is 0 Å². The fraction of sp³-hybridized carbons (Fsp3) is 0.263. The second-order valence-electron chi connectivity index (χ2n) is 6.01. The Hall–Kier alpha value is -3.22. The van der Waals surface area contributed by atoms with E-state index in [1.54, 1.807) is 42.3 Å². The van der Waals surface area contributed by atoms with Crippen molar-refractivity contribution in [3.8, 4) is 23.0 Å². The van der Waals surface area contributed by atoms with Crippen molar-refractivity contribution in [3.63, 3.8) is 0 Å². The average Bonchev–Trinajstić information content (AvgIpc) is 3.27. The molecule has 7 heteroatoms. The van der Waals surface area contributed by atoms with Gasteiger partial charge in [0.2, 0.25) is 12.7 Å². The molecule has 2 aliphatic rings. The minimum Gasteiger partial charge on any atom is -0.495 e. The Bertz CT molecular complexity index is 865. The maximum absolute atomic E-state index is 12.5. The number of esters is 1. The van der Waals surface area contributed by atoms with Gasteiger partial charge in [-0.05, 0) is 24.3 Å². The summed E-state index contributed by atoms with van der Waals surface area (Å²) in [6.07, 6.45) is 0.0986. The van der Waals surface area contributed by atoms with Crippen LogP contribution in [0.15, 0.2) is 42.5 Å².